The Morgan fingerprint density at radius 1 is 1.39 bits per heavy atom. The molecule has 0 radical (unpaired) electrons. The molecule has 146 valence electrons. The summed E-state index contributed by atoms with van der Waals surface area (Å²) in [5, 5.41) is 10.5. The van der Waals surface area contributed by atoms with Crippen LogP contribution in [0.1, 0.15) is 12.0 Å². The molecule has 4 N–H and O–H groups in total. The van der Waals surface area contributed by atoms with Gasteiger partial charge in [0.25, 0.3) is 5.91 Å². The molecule has 1 aliphatic heterocycles. The Hall–Kier alpha value is -2.71. The van der Waals surface area contributed by atoms with Crippen LogP contribution in [0, 0.1) is 5.41 Å². The standard InChI is InChI=1S/C19H19ClN4O3S/c20-12-3-6-16(28)15(8-12)18(25)23-9-14-10-24(19(26)27-14)13-4-1-11(2-5-13)7-17(21)22/h1-5,8,14H,6-7,9-10H2,(H3,21,22)(H,23,25). The zero-order chi connectivity index (χ0) is 20.3. The number of halogens is 1. The number of thiocarbonyl (C=S) groups is 1. The van der Waals surface area contributed by atoms with E-state index in [4.69, 9.17) is 39.7 Å². The van der Waals surface area contributed by atoms with Gasteiger partial charge in [-0.2, -0.15) is 0 Å². The van der Waals surface area contributed by atoms with Gasteiger partial charge < -0.3 is 15.8 Å². The van der Waals surface area contributed by atoms with Crippen molar-refractivity contribution >= 4 is 52.2 Å². The number of hydrogen-bond donors (Lipinski definition) is 3. The molecule has 1 aliphatic carbocycles. The van der Waals surface area contributed by atoms with Gasteiger partial charge in [-0.1, -0.05) is 42.0 Å². The Kier molecular flexibility index (Phi) is 6.11. The number of cyclic esters (lactones) is 1. The fourth-order valence-corrected chi connectivity index (χ4v) is 3.34. The Bertz CT molecular complexity index is 895. The first-order chi connectivity index (χ1) is 13.3. The molecule has 1 heterocycles. The zero-order valence-electron chi connectivity index (χ0n) is 14.9. The van der Waals surface area contributed by atoms with Crippen LogP contribution in [0.4, 0.5) is 10.5 Å². The monoisotopic (exact) mass is 418 g/mol. The molecule has 0 bridgehead atoms. The lowest BCUT2D eigenvalue weighted by atomic mass is 10.0. The van der Waals surface area contributed by atoms with Crippen LogP contribution >= 0.6 is 23.8 Å². The average molecular weight is 419 g/mol. The molecule has 1 aromatic carbocycles. The van der Waals surface area contributed by atoms with E-state index in [1.165, 1.54) is 11.0 Å². The number of amidine groups is 1. The van der Waals surface area contributed by atoms with Gasteiger partial charge in [-0.15, -0.1) is 0 Å². The lowest BCUT2D eigenvalue weighted by Gasteiger charge is -2.15. The maximum absolute atomic E-state index is 12.3. The van der Waals surface area contributed by atoms with Gasteiger partial charge in [0.1, 0.15) is 6.10 Å². The Balaban J connectivity index is 1.57. The second-order valence-electron chi connectivity index (χ2n) is 6.47. The molecule has 28 heavy (non-hydrogen) atoms. The second kappa shape index (κ2) is 8.53. The number of hydrogen-bond acceptors (Lipinski definition) is 5. The summed E-state index contributed by atoms with van der Waals surface area (Å²) in [6.45, 7) is 0.486. The van der Waals surface area contributed by atoms with Gasteiger partial charge in [-0.05, 0) is 23.8 Å². The molecule has 0 spiro atoms. The number of allylic oxidation sites excluding steroid dienone is 3. The Labute approximate surface area is 172 Å². The maximum Gasteiger partial charge on any atom is 0.414 e. The van der Waals surface area contributed by atoms with Crippen molar-refractivity contribution < 1.29 is 14.3 Å². The highest BCUT2D eigenvalue weighted by molar-refractivity contribution is 7.81. The molecule has 3 rings (SSSR count). The van der Waals surface area contributed by atoms with Gasteiger partial charge in [0.15, 0.2) is 0 Å². The minimum Gasteiger partial charge on any atom is -0.442 e. The zero-order valence-corrected chi connectivity index (χ0v) is 16.5. The first kappa shape index (κ1) is 20.0. The van der Waals surface area contributed by atoms with Crippen molar-refractivity contribution in [3.63, 3.8) is 0 Å². The summed E-state index contributed by atoms with van der Waals surface area (Å²) in [4.78, 5) is 26.5. The molecule has 2 aliphatic rings. The lowest BCUT2D eigenvalue weighted by Crippen LogP contribution is -2.36. The van der Waals surface area contributed by atoms with Crippen LogP contribution in [-0.2, 0) is 16.0 Å². The number of carbonyl (C=O) groups is 2. The quantitative estimate of drug-likeness (QED) is 0.373. The van der Waals surface area contributed by atoms with E-state index < -0.39 is 12.2 Å². The molecular formula is C19H19ClN4O3S. The van der Waals surface area contributed by atoms with Crippen LogP contribution in [0.2, 0.25) is 0 Å². The number of nitrogens with one attached hydrogen (secondary N) is 2. The predicted molar refractivity (Wildman–Crippen MR) is 112 cm³/mol. The third-order valence-electron chi connectivity index (χ3n) is 4.32. The third kappa shape index (κ3) is 4.76. The van der Waals surface area contributed by atoms with Crippen molar-refractivity contribution in [1.29, 1.82) is 5.41 Å². The summed E-state index contributed by atoms with van der Waals surface area (Å²) >= 11 is 11.1. The Morgan fingerprint density at radius 3 is 2.79 bits per heavy atom. The number of rotatable bonds is 6. The number of nitrogens with two attached hydrogens (primary N) is 1. The average Bonchev–Trinajstić information content (AvgIpc) is 3.02. The van der Waals surface area contributed by atoms with Crippen LogP contribution in [0.3, 0.4) is 0 Å². The number of benzene rings is 1. The fourth-order valence-electron chi connectivity index (χ4n) is 2.92. The van der Waals surface area contributed by atoms with Gasteiger partial charge in [-0.25, -0.2) is 4.79 Å². The van der Waals surface area contributed by atoms with Crippen LogP contribution < -0.4 is 16.0 Å². The fraction of sp³-hybridized carbons (Fsp3) is 0.263. The highest BCUT2D eigenvalue weighted by atomic mass is 35.5. The molecule has 0 aromatic heterocycles. The number of nitrogens with zero attached hydrogens (tertiary/aromatic N) is 1. The maximum atomic E-state index is 12.3. The smallest absolute Gasteiger partial charge is 0.414 e. The first-order valence-electron chi connectivity index (χ1n) is 8.62. The van der Waals surface area contributed by atoms with Crippen LogP contribution in [0.5, 0.6) is 0 Å². The van der Waals surface area contributed by atoms with Crippen molar-refractivity contribution in [2.45, 2.75) is 18.9 Å². The topological polar surface area (TPSA) is 109 Å². The molecule has 1 saturated heterocycles. The van der Waals surface area contributed by atoms with Gasteiger partial charge in [0.05, 0.1) is 24.5 Å². The molecular weight excluding hydrogens is 400 g/mol. The van der Waals surface area contributed by atoms with Crippen molar-refractivity contribution in [1.82, 2.24) is 5.32 Å². The summed E-state index contributed by atoms with van der Waals surface area (Å²) < 4.78 is 5.34. The van der Waals surface area contributed by atoms with E-state index in [1.807, 2.05) is 12.1 Å². The minimum atomic E-state index is -0.475. The molecule has 9 heteroatoms. The number of anilines is 1. The SMILES string of the molecule is N=C(N)Cc1ccc(N2CC(CNC(=O)C3=CC(Cl)=CCC3=S)OC2=O)cc1. The second-order valence-corrected chi connectivity index (χ2v) is 7.40. The normalized spacial score (nSPS) is 19.0. The van der Waals surface area contributed by atoms with Crippen LogP contribution in [-0.4, -0.2) is 41.9 Å². The summed E-state index contributed by atoms with van der Waals surface area (Å²) in [5.41, 5.74) is 7.33. The predicted octanol–water partition coefficient (Wildman–Crippen LogP) is 2.43. The van der Waals surface area contributed by atoms with Gasteiger partial charge >= 0.3 is 6.09 Å². The van der Waals surface area contributed by atoms with Crippen LogP contribution in [0.25, 0.3) is 0 Å². The van der Waals surface area contributed by atoms with E-state index in [0.29, 0.717) is 40.5 Å². The molecule has 1 fully saturated rings. The largest absolute Gasteiger partial charge is 0.442 e. The summed E-state index contributed by atoms with van der Waals surface area (Å²) in [5.74, 6) is -0.257. The molecule has 1 aromatic rings. The third-order valence-corrected chi connectivity index (χ3v) is 4.97. The van der Waals surface area contributed by atoms with Crippen molar-refractivity contribution in [3.8, 4) is 0 Å². The van der Waals surface area contributed by atoms with Crippen molar-refractivity contribution in [3.05, 3.63) is 52.6 Å². The minimum absolute atomic E-state index is 0.0773. The molecule has 0 saturated carbocycles. The van der Waals surface area contributed by atoms with Gasteiger partial charge in [0, 0.05) is 28.4 Å². The van der Waals surface area contributed by atoms with E-state index >= 15 is 0 Å². The van der Waals surface area contributed by atoms with E-state index in [1.54, 1.807) is 18.2 Å². The molecule has 7 nitrogen and oxygen atoms in total. The van der Waals surface area contributed by atoms with Crippen LogP contribution in [0.15, 0.2) is 47.0 Å². The van der Waals surface area contributed by atoms with E-state index in [9.17, 15) is 9.59 Å². The molecule has 2 amide bonds. The molecule has 1 unspecified atom stereocenters. The number of ether oxygens (including phenoxy) is 1. The highest BCUT2D eigenvalue weighted by Crippen LogP contribution is 2.22. The van der Waals surface area contributed by atoms with Crippen molar-refractivity contribution in [2.24, 2.45) is 5.73 Å². The van der Waals surface area contributed by atoms with E-state index in [2.05, 4.69) is 5.32 Å². The van der Waals surface area contributed by atoms with Crippen molar-refractivity contribution in [2.75, 3.05) is 18.0 Å². The first-order valence-corrected chi connectivity index (χ1v) is 9.41. The number of amides is 2. The number of carbonyl (C=O) groups excluding carboxylic acids is 2. The lowest BCUT2D eigenvalue weighted by molar-refractivity contribution is -0.117. The van der Waals surface area contributed by atoms with Gasteiger partial charge in [0.2, 0.25) is 0 Å². The highest BCUT2D eigenvalue weighted by Gasteiger charge is 2.32. The summed E-state index contributed by atoms with van der Waals surface area (Å²) in [6, 6.07) is 7.18. The van der Waals surface area contributed by atoms with E-state index in [0.717, 1.165) is 5.56 Å². The van der Waals surface area contributed by atoms with Gasteiger partial charge in [-0.3, -0.25) is 15.1 Å². The summed E-state index contributed by atoms with van der Waals surface area (Å²) in [6.07, 6.45) is 3.15. The van der Waals surface area contributed by atoms with E-state index in [-0.39, 0.29) is 18.3 Å². The molecule has 1 atom stereocenters. The Morgan fingerprint density at radius 2 is 2.11 bits per heavy atom. The summed E-state index contributed by atoms with van der Waals surface area (Å²) in [7, 11) is 0.